The van der Waals surface area contributed by atoms with Gasteiger partial charge in [0.1, 0.15) is 0 Å². The number of nitrogens with two attached hydrogens (primary N) is 1. The van der Waals surface area contributed by atoms with Gasteiger partial charge in [0.15, 0.2) is 6.04 Å². The van der Waals surface area contributed by atoms with Gasteiger partial charge in [-0.25, -0.2) is 13.9 Å². The molecule has 0 radical (unpaired) electrons. The summed E-state index contributed by atoms with van der Waals surface area (Å²) in [6.45, 7) is 0.962. The molecule has 0 aromatic carbocycles. The largest absolute Gasteiger partial charge is 0.480 e. The number of rotatable bonds is 9. The van der Waals surface area contributed by atoms with Gasteiger partial charge in [0.25, 0.3) is 0 Å². The van der Waals surface area contributed by atoms with E-state index in [2.05, 4.69) is 4.52 Å². The molecule has 0 bridgehead atoms. The summed E-state index contributed by atoms with van der Waals surface area (Å²) in [5, 5.41) is 12.0. The number of carbonyl (C=O) groups excluding carboxylic acids is 2. The smallest absolute Gasteiger partial charge is 0.469 e. The Bertz CT molecular complexity index is 584. The number of phosphoric ester groups is 1. The van der Waals surface area contributed by atoms with Crippen LogP contribution >= 0.6 is 15.6 Å². The van der Waals surface area contributed by atoms with Crippen molar-refractivity contribution < 1.29 is 52.7 Å². The van der Waals surface area contributed by atoms with Crippen LogP contribution < -0.4 is 16.1 Å². The molecule has 2 amide bonds. The molecule has 14 nitrogen and oxygen atoms in total. The Balaban J connectivity index is 4.83. The maximum Gasteiger partial charge on any atom is 0.469 e. The lowest BCUT2D eigenvalue weighted by atomic mass is 10.1. The first kappa shape index (κ1) is 22.6. The van der Waals surface area contributed by atoms with Crippen LogP contribution in [0.2, 0.25) is 0 Å². The summed E-state index contributed by atoms with van der Waals surface area (Å²) in [7, 11) is -9.90. The van der Waals surface area contributed by atoms with Crippen LogP contribution in [0.5, 0.6) is 0 Å². The second-order valence-corrected chi connectivity index (χ2v) is 7.02. The number of amides is 2. The topological polar surface area (TPSA) is 246 Å². The van der Waals surface area contributed by atoms with Crippen molar-refractivity contribution in [2.24, 2.45) is 5.73 Å². The number of hydrogen-bond acceptors (Lipinski definition) is 7. The average molecular weight is 393 g/mol. The molecule has 0 aliphatic heterocycles. The standard InChI is InChI=1S/C8H17N3O11P2/c1-3(22-24(19,20)21)6(8(14)15)10-7(13)4(9)2-5(12)11-23(16,17)18/h3-4,6H,2,9H2,1H3,(H,10,13)(H,14,15)(H2,19,20,21)(H3,11,12,16,17,18)/t3-,4+,6+/m1/s1. The Morgan fingerprint density at radius 3 is 2.04 bits per heavy atom. The maximum absolute atomic E-state index is 11.7. The fraction of sp³-hybridized carbons (Fsp3) is 0.625. The molecule has 9 N–H and O–H groups in total. The number of aliphatic carboxylic acids is 1. The van der Waals surface area contributed by atoms with E-state index >= 15 is 0 Å². The molecular formula is C8H17N3O11P2. The summed E-state index contributed by atoms with van der Waals surface area (Å²) < 4.78 is 25.4. The van der Waals surface area contributed by atoms with Gasteiger partial charge in [0.2, 0.25) is 11.8 Å². The lowest BCUT2D eigenvalue weighted by Gasteiger charge is -2.23. The van der Waals surface area contributed by atoms with Crippen molar-refractivity contribution in [3.8, 4) is 0 Å². The molecule has 0 saturated heterocycles. The van der Waals surface area contributed by atoms with Crippen molar-refractivity contribution in [3.05, 3.63) is 0 Å². The monoisotopic (exact) mass is 393 g/mol. The quantitative estimate of drug-likeness (QED) is 0.182. The number of carbonyl (C=O) groups is 3. The number of nitrogens with one attached hydrogen (secondary N) is 2. The van der Waals surface area contributed by atoms with Crippen molar-refractivity contribution in [1.82, 2.24) is 10.4 Å². The highest BCUT2D eigenvalue weighted by Crippen LogP contribution is 2.38. The highest BCUT2D eigenvalue weighted by molar-refractivity contribution is 7.50. The summed E-state index contributed by atoms with van der Waals surface area (Å²) in [5.74, 6) is -4.18. The van der Waals surface area contributed by atoms with Crippen LogP contribution in [0.15, 0.2) is 0 Å². The van der Waals surface area contributed by atoms with Gasteiger partial charge in [0.05, 0.1) is 18.6 Å². The molecule has 0 rings (SSSR count). The number of carboxylic acid groups (broad SMARTS) is 1. The second-order valence-electron chi connectivity index (χ2n) is 4.52. The number of hydrogen-bond donors (Lipinski definition) is 8. The minimum atomic E-state index is -5.03. The van der Waals surface area contributed by atoms with Crippen molar-refractivity contribution >= 4 is 33.4 Å². The van der Waals surface area contributed by atoms with Gasteiger partial charge in [-0.15, -0.1) is 0 Å². The Labute approximate surface area is 134 Å². The van der Waals surface area contributed by atoms with E-state index in [0.29, 0.717) is 0 Å². The predicted octanol–water partition coefficient (Wildman–Crippen LogP) is -3.02. The third kappa shape index (κ3) is 9.70. The molecule has 0 heterocycles. The maximum atomic E-state index is 11.7. The fourth-order valence-electron chi connectivity index (χ4n) is 1.42. The van der Waals surface area contributed by atoms with Crippen molar-refractivity contribution in [2.45, 2.75) is 31.5 Å². The number of phosphoric acid groups is 1. The SMILES string of the molecule is C[C@@H](OP(=O)(O)O)[C@H](NC(=O)[C@@H](N)CC(=O)NP(=O)(O)O)C(=O)O. The molecule has 16 heteroatoms. The molecule has 3 atom stereocenters. The molecule has 0 aliphatic rings. The van der Waals surface area contributed by atoms with E-state index in [1.807, 2.05) is 0 Å². The average Bonchev–Trinajstić information content (AvgIpc) is 2.29. The highest BCUT2D eigenvalue weighted by Gasteiger charge is 2.34. The van der Waals surface area contributed by atoms with Crippen molar-refractivity contribution in [2.75, 3.05) is 0 Å². The van der Waals surface area contributed by atoms with E-state index < -0.39 is 58.0 Å². The third-order valence-electron chi connectivity index (χ3n) is 2.35. The fourth-order valence-corrected chi connectivity index (χ4v) is 2.39. The van der Waals surface area contributed by atoms with Crippen LogP contribution in [-0.2, 0) is 28.0 Å². The molecule has 140 valence electrons. The lowest BCUT2D eigenvalue weighted by molar-refractivity contribution is -0.144. The zero-order chi connectivity index (χ0) is 19.3. The van der Waals surface area contributed by atoms with E-state index in [4.69, 9.17) is 30.4 Å². The Kier molecular flexibility index (Phi) is 8.15. The van der Waals surface area contributed by atoms with E-state index in [9.17, 15) is 23.5 Å². The Morgan fingerprint density at radius 1 is 1.17 bits per heavy atom. The van der Waals surface area contributed by atoms with Crippen LogP contribution in [0.4, 0.5) is 0 Å². The van der Waals surface area contributed by atoms with Crippen LogP contribution in [0.3, 0.4) is 0 Å². The summed E-state index contributed by atoms with van der Waals surface area (Å²) in [5.41, 5.74) is 5.30. The summed E-state index contributed by atoms with van der Waals surface area (Å²) in [6.07, 6.45) is -2.53. The molecule has 0 aliphatic carbocycles. The van der Waals surface area contributed by atoms with E-state index in [1.54, 1.807) is 5.32 Å². The molecule has 0 aromatic rings. The molecule has 24 heavy (non-hydrogen) atoms. The molecule has 0 unspecified atom stereocenters. The van der Waals surface area contributed by atoms with Gasteiger partial charge in [-0.2, -0.15) is 0 Å². The second kappa shape index (κ2) is 8.65. The third-order valence-corrected chi connectivity index (χ3v) is 3.50. The molecule has 0 saturated carbocycles. The van der Waals surface area contributed by atoms with E-state index in [1.165, 1.54) is 5.09 Å². The normalized spacial score (nSPS) is 15.9. The van der Waals surface area contributed by atoms with Crippen LogP contribution in [0.25, 0.3) is 0 Å². The molecule has 0 fully saturated rings. The minimum absolute atomic E-state index is 0.878. The molecular weight excluding hydrogens is 376 g/mol. The van der Waals surface area contributed by atoms with Crippen molar-refractivity contribution in [1.29, 1.82) is 0 Å². The summed E-state index contributed by atoms with van der Waals surface area (Å²) in [6, 6.07) is -3.58. The highest BCUT2D eigenvalue weighted by atomic mass is 31.2. The first-order valence-electron chi connectivity index (χ1n) is 6.01. The summed E-state index contributed by atoms with van der Waals surface area (Å²) >= 11 is 0. The minimum Gasteiger partial charge on any atom is -0.480 e. The molecule has 0 aromatic heterocycles. The van der Waals surface area contributed by atoms with Gasteiger partial charge in [-0.3, -0.25) is 19.2 Å². The Morgan fingerprint density at radius 2 is 1.67 bits per heavy atom. The Hall–Kier alpha value is -1.37. The van der Waals surface area contributed by atoms with Gasteiger partial charge in [-0.1, -0.05) is 0 Å². The van der Waals surface area contributed by atoms with Gasteiger partial charge < -0.3 is 35.7 Å². The number of carboxylic acids is 1. The predicted molar refractivity (Wildman–Crippen MR) is 74.9 cm³/mol. The first-order chi connectivity index (χ1) is 10.6. The van der Waals surface area contributed by atoms with Crippen LogP contribution in [0, 0.1) is 0 Å². The van der Waals surface area contributed by atoms with Crippen LogP contribution in [-0.4, -0.2) is 60.7 Å². The zero-order valence-corrected chi connectivity index (χ0v) is 13.9. The van der Waals surface area contributed by atoms with Crippen LogP contribution in [0.1, 0.15) is 13.3 Å². The molecule has 0 spiro atoms. The van der Waals surface area contributed by atoms with Gasteiger partial charge >= 0.3 is 21.5 Å². The van der Waals surface area contributed by atoms with Gasteiger partial charge in [0, 0.05) is 0 Å². The van der Waals surface area contributed by atoms with Gasteiger partial charge in [-0.05, 0) is 6.92 Å². The zero-order valence-electron chi connectivity index (χ0n) is 12.1. The first-order valence-corrected chi connectivity index (χ1v) is 9.16. The summed E-state index contributed by atoms with van der Waals surface area (Å²) in [4.78, 5) is 68.2. The van der Waals surface area contributed by atoms with E-state index in [-0.39, 0.29) is 0 Å². The van der Waals surface area contributed by atoms with Crippen molar-refractivity contribution in [3.63, 3.8) is 0 Å². The van der Waals surface area contributed by atoms with E-state index in [0.717, 1.165) is 6.92 Å². The lowest BCUT2D eigenvalue weighted by Crippen LogP contribution is -2.53.